The fourth-order valence-electron chi connectivity index (χ4n) is 3.70. The van der Waals surface area contributed by atoms with Gasteiger partial charge in [-0.3, -0.25) is 4.99 Å². The summed E-state index contributed by atoms with van der Waals surface area (Å²) in [5, 5.41) is 3.42. The maximum atomic E-state index is 13.2. The first-order chi connectivity index (χ1) is 13.7. The van der Waals surface area contributed by atoms with E-state index in [0.29, 0.717) is 0 Å². The second-order valence-electron chi connectivity index (χ2n) is 7.19. The molecular formula is C24H24FN3. The van der Waals surface area contributed by atoms with Gasteiger partial charge >= 0.3 is 0 Å². The number of amidine groups is 1. The topological polar surface area (TPSA) is 50.4 Å². The lowest BCUT2D eigenvalue weighted by molar-refractivity contribution is 0.627. The van der Waals surface area contributed by atoms with E-state index in [1.165, 1.54) is 12.1 Å². The molecule has 28 heavy (non-hydrogen) atoms. The van der Waals surface area contributed by atoms with E-state index in [1.807, 2.05) is 48.5 Å². The molecule has 3 aromatic carbocycles. The summed E-state index contributed by atoms with van der Waals surface area (Å²) in [5.41, 5.74) is 10.4. The molecule has 0 saturated carbocycles. The number of nitrogens with one attached hydrogen (secondary N) is 1. The largest absolute Gasteiger partial charge is 0.372 e. The van der Waals surface area contributed by atoms with Gasteiger partial charge in [0.05, 0.1) is 0 Å². The van der Waals surface area contributed by atoms with Crippen LogP contribution in [0, 0.1) is 5.82 Å². The van der Waals surface area contributed by atoms with Crippen LogP contribution in [-0.2, 0) is 12.0 Å². The molecule has 0 aliphatic carbocycles. The van der Waals surface area contributed by atoms with Gasteiger partial charge in [0.2, 0.25) is 0 Å². The van der Waals surface area contributed by atoms with Gasteiger partial charge in [-0.25, -0.2) is 4.39 Å². The van der Waals surface area contributed by atoms with Crippen LogP contribution in [0.5, 0.6) is 0 Å². The van der Waals surface area contributed by atoms with Crippen molar-refractivity contribution in [2.45, 2.75) is 18.4 Å². The lowest BCUT2D eigenvalue weighted by Gasteiger charge is -2.34. The predicted octanol–water partition coefficient (Wildman–Crippen LogP) is 4.01. The Morgan fingerprint density at radius 2 is 1.64 bits per heavy atom. The fraction of sp³-hybridized carbons (Fsp3) is 0.208. The summed E-state index contributed by atoms with van der Waals surface area (Å²) >= 11 is 0. The molecule has 0 bridgehead atoms. The van der Waals surface area contributed by atoms with Crippen LogP contribution in [0.2, 0.25) is 0 Å². The van der Waals surface area contributed by atoms with Crippen LogP contribution in [0.4, 0.5) is 4.39 Å². The molecule has 1 aliphatic heterocycles. The number of hydrogen-bond acceptors (Lipinski definition) is 3. The second kappa shape index (κ2) is 7.95. The Kier molecular flexibility index (Phi) is 5.22. The minimum absolute atomic E-state index is 0.219. The standard InChI is InChI=1S/C24H24FN3/c25-22-12-10-18(11-13-22)16-19-6-4-9-21(17-19)24(26,20-7-2-1-3-8-20)23-27-14-5-15-28-23/h1-4,6-13,17H,5,14-16,26H2,(H,27,28). The van der Waals surface area contributed by atoms with Gasteiger partial charge in [0, 0.05) is 13.1 Å². The molecule has 3 N–H and O–H groups in total. The smallest absolute Gasteiger partial charge is 0.126 e. The third-order valence-electron chi connectivity index (χ3n) is 5.20. The molecule has 0 saturated heterocycles. The molecule has 3 nitrogen and oxygen atoms in total. The molecule has 0 aromatic heterocycles. The van der Waals surface area contributed by atoms with E-state index >= 15 is 0 Å². The highest BCUT2D eigenvalue weighted by atomic mass is 19.1. The van der Waals surface area contributed by atoms with Crippen LogP contribution in [0.25, 0.3) is 0 Å². The van der Waals surface area contributed by atoms with E-state index in [1.54, 1.807) is 0 Å². The van der Waals surface area contributed by atoms with Crippen LogP contribution in [0.15, 0.2) is 83.9 Å². The Morgan fingerprint density at radius 3 is 2.36 bits per heavy atom. The van der Waals surface area contributed by atoms with Gasteiger partial charge in [-0.15, -0.1) is 0 Å². The number of nitrogens with zero attached hydrogens (tertiary/aromatic N) is 1. The maximum absolute atomic E-state index is 13.2. The average Bonchev–Trinajstić information content (AvgIpc) is 2.76. The summed E-state index contributed by atoms with van der Waals surface area (Å²) in [7, 11) is 0. The first-order valence-electron chi connectivity index (χ1n) is 9.63. The summed E-state index contributed by atoms with van der Waals surface area (Å²) in [6, 6.07) is 25.0. The third-order valence-corrected chi connectivity index (χ3v) is 5.20. The van der Waals surface area contributed by atoms with Gasteiger partial charge < -0.3 is 11.1 Å². The second-order valence-corrected chi connectivity index (χ2v) is 7.19. The molecule has 4 heteroatoms. The van der Waals surface area contributed by atoms with Crippen molar-refractivity contribution in [3.05, 3.63) is 107 Å². The fourth-order valence-corrected chi connectivity index (χ4v) is 3.70. The molecule has 0 radical (unpaired) electrons. The number of rotatable bonds is 5. The van der Waals surface area contributed by atoms with Crippen molar-refractivity contribution in [1.82, 2.24) is 5.32 Å². The number of halogens is 1. The maximum Gasteiger partial charge on any atom is 0.126 e. The minimum Gasteiger partial charge on any atom is -0.372 e. The summed E-state index contributed by atoms with van der Waals surface area (Å²) in [5.74, 6) is 0.591. The van der Waals surface area contributed by atoms with Crippen molar-refractivity contribution in [1.29, 1.82) is 0 Å². The van der Waals surface area contributed by atoms with E-state index in [-0.39, 0.29) is 5.82 Å². The van der Waals surface area contributed by atoms with Crippen molar-refractivity contribution in [2.24, 2.45) is 10.7 Å². The zero-order valence-electron chi connectivity index (χ0n) is 15.7. The molecule has 3 aromatic rings. The van der Waals surface area contributed by atoms with Crippen molar-refractivity contribution in [3.8, 4) is 0 Å². The molecule has 0 amide bonds. The quantitative estimate of drug-likeness (QED) is 0.710. The van der Waals surface area contributed by atoms with Crippen molar-refractivity contribution in [2.75, 3.05) is 13.1 Å². The molecular weight excluding hydrogens is 349 g/mol. The zero-order valence-corrected chi connectivity index (χ0v) is 15.7. The van der Waals surface area contributed by atoms with Crippen LogP contribution in [0.1, 0.15) is 28.7 Å². The molecule has 0 spiro atoms. The lowest BCUT2D eigenvalue weighted by Crippen LogP contribution is -2.53. The Balaban J connectivity index is 1.74. The summed E-state index contributed by atoms with van der Waals surface area (Å²) in [6.07, 6.45) is 1.73. The Labute approximate surface area is 165 Å². The van der Waals surface area contributed by atoms with E-state index < -0.39 is 5.54 Å². The van der Waals surface area contributed by atoms with E-state index in [4.69, 9.17) is 10.7 Å². The van der Waals surface area contributed by atoms with Gasteiger partial charge in [-0.1, -0.05) is 66.7 Å². The number of hydrogen-bond donors (Lipinski definition) is 2. The lowest BCUT2D eigenvalue weighted by atomic mass is 9.81. The summed E-state index contributed by atoms with van der Waals surface area (Å²) < 4.78 is 13.2. The highest BCUT2D eigenvalue weighted by molar-refractivity contribution is 5.96. The Hall–Kier alpha value is -2.98. The number of benzene rings is 3. The highest BCUT2D eigenvalue weighted by Crippen LogP contribution is 2.30. The third kappa shape index (κ3) is 3.69. The van der Waals surface area contributed by atoms with Crippen molar-refractivity contribution in [3.63, 3.8) is 0 Å². The minimum atomic E-state index is -0.833. The Morgan fingerprint density at radius 1 is 0.893 bits per heavy atom. The molecule has 1 atom stereocenters. The van der Waals surface area contributed by atoms with Crippen LogP contribution < -0.4 is 11.1 Å². The highest BCUT2D eigenvalue weighted by Gasteiger charge is 2.36. The van der Waals surface area contributed by atoms with E-state index in [9.17, 15) is 4.39 Å². The molecule has 0 fully saturated rings. The zero-order chi connectivity index (χ0) is 19.4. The first-order valence-corrected chi connectivity index (χ1v) is 9.63. The average molecular weight is 373 g/mol. The van der Waals surface area contributed by atoms with Gasteiger partial charge in [0.1, 0.15) is 17.2 Å². The van der Waals surface area contributed by atoms with Gasteiger partial charge in [0.15, 0.2) is 0 Å². The van der Waals surface area contributed by atoms with E-state index in [0.717, 1.165) is 54.0 Å². The molecule has 1 aliphatic rings. The predicted molar refractivity (Wildman–Crippen MR) is 112 cm³/mol. The number of nitrogens with two attached hydrogens (primary N) is 1. The van der Waals surface area contributed by atoms with Crippen LogP contribution in [0.3, 0.4) is 0 Å². The normalized spacial score (nSPS) is 16.0. The van der Waals surface area contributed by atoms with E-state index in [2.05, 4.69) is 23.5 Å². The summed E-state index contributed by atoms with van der Waals surface area (Å²) in [6.45, 7) is 1.66. The van der Waals surface area contributed by atoms with Crippen LogP contribution >= 0.6 is 0 Å². The van der Waals surface area contributed by atoms with Gasteiger partial charge in [0.25, 0.3) is 0 Å². The number of aliphatic imine (C=N–C) groups is 1. The SMILES string of the molecule is NC(C1=NCCCN1)(c1ccccc1)c1cccc(Cc2ccc(F)cc2)c1. The first kappa shape index (κ1) is 18.4. The van der Waals surface area contributed by atoms with Gasteiger partial charge in [-0.05, 0) is 47.2 Å². The molecule has 1 unspecified atom stereocenters. The van der Waals surface area contributed by atoms with Gasteiger partial charge in [-0.2, -0.15) is 0 Å². The van der Waals surface area contributed by atoms with Crippen molar-refractivity contribution < 1.29 is 4.39 Å². The van der Waals surface area contributed by atoms with Crippen molar-refractivity contribution >= 4 is 5.84 Å². The van der Waals surface area contributed by atoms with Crippen LogP contribution in [-0.4, -0.2) is 18.9 Å². The monoisotopic (exact) mass is 373 g/mol. The Bertz CT molecular complexity index is 967. The molecule has 1 heterocycles. The summed E-state index contributed by atoms with van der Waals surface area (Å²) in [4.78, 5) is 4.72. The molecule has 4 rings (SSSR count). The molecule has 142 valence electrons.